The van der Waals surface area contributed by atoms with Crippen molar-refractivity contribution in [1.82, 2.24) is 4.98 Å². The van der Waals surface area contributed by atoms with Crippen LogP contribution < -0.4 is 5.32 Å². The van der Waals surface area contributed by atoms with Crippen LogP contribution in [0.1, 0.15) is 17.4 Å². The Morgan fingerprint density at radius 2 is 1.88 bits per heavy atom. The summed E-state index contributed by atoms with van der Waals surface area (Å²) >= 11 is 5.88. The number of benzene rings is 2. The van der Waals surface area contributed by atoms with Gasteiger partial charge in [-0.3, -0.25) is 4.79 Å². The van der Waals surface area contributed by atoms with E-state index in [0.29, 0.717) is 16.2 Å². The highest BCUT2D eigenvalue weighted by molar-refractivity contribution is 6.30. The molecular weight excluding hydrogens is 340 g/mol. The Balaban J connectivity index is 1.67. The fourth-order valence-corrected chi connectivity index (χ4v) is 2.45. The lowest BCUT2D eigenvalue weighted by Gasteiger charge is -2.13. The minimum absolute atomic E-state index is 0.154. The van der Waals surface area contributed by atoms with E-state index in [1.54, 1.807) is 42.5 Å². The molecule has 0 fully saturated rings. The van der Waals surface area contributed by atoms with Crippen molar-refractivity contribution >= 4 is 40.1 Å². The molecule has 0 aliphatic rings. The Bertz CT molecular complexity index is 943. The molecule has 0 spiro atoms. The predicted octanol–water partition coefficient (Wildman–Crippen LogP) is 4.07. The minimum atomic E-state index is -0.972. The van der Waals surface area contributed by atoms with Crippen molar-refractivity contribution in [3.05, 3.63) is 71.4 Å². The van der Waals surface area contributed by atoms with Crippen LogP contribution in [0.5, 0.6) is 0 Å². The second-order valence-electron chi connectivity index (χ2n) is 5.44. The molecule has 6 heteroatoms. The average Bonchev–Trinajstić information content (AvgIpc) is 2.61. The molecule has 3 rings (SSSR count). The van der Waals surface area contributed by atoms with E-state index in [4.69, 9.17) is 16.3 Å². The first-order valence-electron chi connectivity index (χ1n) is 7.66. The SMILES string of the molecule is CC(OC(=O)c1ccc2ccccc2n1)C(=O)Nc1cccc(Cl)c1. The van der Waals surface area contributed by atoms with E-state index in [1.165, 1.54) is 6.92 Å². The van der Waals surface area contributed by atoms with Gasteiger partial charge in [-0.25, -0.2) is 9.78 Å². The second kappa shape index (κ2) is 7.32. The van der Waals surface area contributed by atoms with Crippen molar-refractivity contribution in [2.45, 2.75) is 13.0 Å². The number of para-hydroxylation sites is 1. The molecule has 5 nitrogen and oxygen atoms in total. The number of hydrogen-bond donors (Lipinski definition) is 1. The van der Waals surface area contributed by atoms with E-state index in [2.05, 4.69) is 10.3 Å². The largest absolute Gasteiger partial charge is 0.448 e. The van der Waals surface area contributed by atoms with E-state index < -0.39 is 18.0 Å². The van der Waals surface area contributed by atoms with Gasteiger partial charge in [0.05, 0.1) is 5.52 Å². The van der Waals surface area contributed by atoms with E-state index in [1.807, 2.05) is 18.2 Å². The first kappa shape index (κ1) is 16.9. The zero-order valence-corrected chi connectivity index (χ0v) is 14.2. The lowest BCUT2D eigenvalue weighted by Crippen LogP contribution is -2.30. The van der Waals surface area contributed by atoms with Crippen molar-refractivity contribution in [2.75, 3.05) is 5.32 Å². The molecule has 1 heterocycles. The molecule has 0 bridgehead atoms. The smallest absolute Gasteiger partial charge is 0.357 e. The van der Waals surface area contributed by atoms with E-state index in [9.17, 15) is 9.59 Å². The maximum atomic E-state index is 12.2. The molecule has 1 N–H and O–H groups in total. The number of anilines is 1. The van der Waals surface area contributed by atoms with Crippen LogP contribution in [0.25, 0.3) is 10.9 Å². The number of rotatable bonds is 4. The van der Waals surface area contributed by atoms with Gasteiger partial charge in [0.15, 0.2) is 6.10 Å². The van der Waals surface area contributed by atoms with Gasteiger partial charge < -0.3 is 10.1 Å². The highest BCUT2D eigenvalue weighted by atomic mass is 35.5. The molecule has 1 amide bonds. The van der Waals surface area contributed by atoms with Gasteiger partial charge in [-0.1, -0.05) is 41.9 Å². The Kier molecular flexibility index (Phi) is 4.95. The summed E-state index contributed by atoms with van der Waals surface area (Å²) < 4.78 is 5.20. The van der Waals surface area contributed by atoms with Gasteiger partial charge >= 0.3 is 5.97 Å². The van der Waals surface area contributed by atoms with Crippen LogP contribution in [0.3, 0.4) is 0 Å². The van der Waals surface area contributed by atoms with Crippen molar-refractivity contribution in [3.8, 4) is 0 Å². The number of pyridine rings is 1. The third-order valence-electron chi connectivity index (χ3n) is 3.55. The maximum Gasteiger partial charge on any atom is 0.357 e. The number of carbonyl (C=O) groups is 2. The summed E-state index contributed by atoms with van der Waals surface area (Å²) in [6, 6.07) is 17.5. The maximum absolute atomic E-state index is 12.2. The summed E-state index contributed by atoms with van der Waals surface area (Å²) in [4.78, 5) is 28.6. The Hall–Kier alpha value is -2.92. The number of nitrogens with zero attached hydrogens (tertiary/aromatic N) is 1. The summed E-state index contributed by atoms with van der Waals surface area (Å²) in [5.41, 5.74) is 1.37. The highest BCUT2D eigenvalue weighted by Gasteiger charge is 2.20. The number of ether oxygens (including phenoxy) is 1. The third kappa shape index (κ3) is 4.14. The van der Waals surface area contributed by atoms with Gasteiger partial charge in [-0.15, -0.1) is 0 Å². The van der Waals surface area contributed by atoms with Gasteiger partial charge in [-0.2, -0.15) is 0 Å². The zero-order chi connectivity index (χ0) is 17.8. The highest BCUT2D eigenvalue weighted by Crippen LogP contribution is 2.16. The summed E-state index contributed by atoms with van der Waals surface area (Å²) in [7, 11) is 0. The number of hydrogen-bond acceptors (Lipinski definition) is 4. The Labute approximate surface area is 149 Å². The van der Waals surface area contributed by atoms with Gasteiger partial charge in [-0.05, 0) is 37.3 Å². The van der Waals surface area contributed by atoms with Crippen LogP contribution >= 0.6 is 11.6 Å². The molecular formula is C19H15ClN2O3. The van der Waals surface area contributed by atoms with E-state index >= 15 is 0 Å². The number of fused-ring (bicyclic) bond motifs is 1. The molecule has 1 aromatic heterocycles. The lowest BCUT2D eigenvalue weighted by molar-refractivity contribution is -0.123. The molecule has 1 atom stereocenters. The van der Waals surface area contributed by atoms with Crippen molar-refractivity contribution < 1.29 is 14.3 Å². The topological polar surface area (TPSA) is 68.3 Å². The van der Waals surface area contributed by atoms with E-state index in [0.717, 1.165) is 5.39 Å². The number of aromatic nitrogens is 1. The number of amides is 1. The number of nitrogens with one attached hydrogen (secondary N) is 1. The Morgan fingerprint density at radius 3 is 2.68 bits per heavy atom. The molecule has 0 aliphatic carbocycles. The van der Waals surface area contributed by atoms with Crippen LogP contribution in [0, 0.1) is 0 Å². The number of halogens is 1. The monoisotopic (exact) mass is 354 g/mol. The van der Waals surface area contributed by atoms with Crippen LogP contribution in [-0.4, -0.2) is 23.0 Å². The summed E-state index contributed by atoms with van der Waals surface area (Å²) in [6.07, 6.45) is -0.972. The normalized spacial score (nSPS) is 11.8. The molecule has 2 aromatic carbocycles. The molecule has 0 saturated heterocycles. The van der Waals surface area contributed by atoms with Crippen LogP contribution in [0.4, 0.5) is 5.69 Å². The second-order valence-corrected chi connectivity index (χ2v) is 5.87. The van der Waals surface area contributed by atoms with Crippen LogP contribution in [0.2, 0.25) is 5.02 Å². The summed E-state index contributed by atoms with van der Waals surface area (Å²) in [5.74, 6) is -1.10. The van der Waals surface area contributed by atoms with Gasteiger partial charge in [0.25, 0.3) is 5.91 Å². The standard InChI is InChI=1S/C19H15ClN2O3/c1-12(18(23)21-15-7-4-6-14(20)11-15)25-19(24)17-10-9-13-5-2-3-8-16(13)22-17/h2-12H,1H3,(H,21,23). The average molecular weight is 355 g/mol. The third-order valence-corrected chi connectivity index (χ3v) is 3.79. The van der Waals surface area contributed by atoms with Gasteiger partial charge in [0, 0.05) is 16.1 Å². The van der Waals surface area contributed by atoms with Crippen LogP contribution in [0.15, 0.2) is 60.7 Å². The quantitative estimate of drug-likeness (QED) is 0.717. The molecule has 25 heavy (non-hydrogen) atoms. The predicted molar refractivity (Wildman–Crippen MR) is 96.7 cm³/mol. The molecule has 3 aromatic rings. The number of esters is 1. The molecule has 0 aliphatic heterocycles. The summed E-state index contributed by atoms with van der Waals surface area (Å²) in [5, 5.41) is 4.07. The summed E-state index contributed by atoms with van der Waals surface area (Å²) in [6.45, 7) is 1.50. The van der Waals surface area contributed by atoms with Gasteiger partial charge in [0.1, 0.15) is 5.69 Å². The Morgan fingerprint density at radius 1 is 1.08 bits per heavy atom. The molecule has 1 unspecified atom stereocenters. The minimum Gasteiger partial charge on any atom is -0.448 e. The first-order chi connectivity index (χ1) is 12.0. The fourth-order valence-electron chi connectivity index (χ4n) is 2.26. The zero-order valence-electron chi connectivity index (χ0n) is 13.4. The van der Waals surface area contributed by atoms with Crippen molar-refractivity contribution in [1.29, 1.82) is 0 Å². The van der Waals surface area contributed by atoms with E-state index in [-0.39, 0.29) is 5.69 Å². The molecule has 126 valence electrons. The van der Waals surface area contributed by atoms with Crippen molar-refractivity contribution in [3.63, 3.8) is 0 Å². The lowest BCUT2D eigenvalue weighted by atomic mass is 10.2. The first-order valence-corrected chi connectivity index (χ1v) is 8.04. The fraction of sp³-hybridized carbons (Fsp3) is 0.105. The molecule has 0 radical (unpaired) electrons. The van der Waals surface area contributed by atoms with Crippen LogP contribution in [-0.2, 0) is 9.53 Å². The van der Waals surface area contributed by atoms with Crippen molar-refractivity contribution in [2.24, 2.45) is 0 Å². The number of carbonyl (C=O) groups excluding carboxylic acids is 2. The molecule has 0 saturated carbocycles. The van der Waals surface area contributed by atoms with Gasteiger partial charge in [0.2, 0.25) is 0 Å².